The number of nitrogens with zero attached hydrogens (tertiary/aromatic N) is 1. The van der Waals surface area contributed by atoms with E-state index in [-0.39, 0.29) is 18.0 Å². The molecule has 96 valence electrons. The summed E-state index contributed by atoms with van der Waals surface area (Å²) in [5, 5.41) is 0. The van der Waals surface area contributed by atoms with Crippen LogP contribution in [0.25, 0.3) is 0 Å². The van der Waals surface area contributed by atoms with Crippen LogP contribution in [0.2, 0.25) is 0 Å². The van der Waals surface area contributed by atoms with Crippen LogP contribution in [0.5, 0.6) is 0 Å². The molecule has 0 bridgehead atoms. The lowest BCUT2D eigenvalue weighted by atomic mass is 9.97. The van der Waals surface area contributed by atoms with E-state index in [4.69, 9.17) is 5.73 Å². The monoisotopic (exact) mass is 257 g/mol. The normalized spacial score (nSPS) is 17.8. The Labute approximate surface area is 107 Å². The lowest BCUT2D eigenvalue weighted by Crippen LogP contribution is -2.38. The van der Waals surface area contributed by atoms with Crippen molar-refractivity contribution in [1.29, 1.82) is 0 Å². The van der Waals surface area contributed by atoms with E-state index >= 15 is 0 Å². The molecule has 0 aliphatic heterocycles. The highest BCUT2D eigenvalue weighted by Gasteiger charge is 2.34. The van der Waals surface area contributed by atoms with Gasteiger partial charge in [-0.2, -0.15) is 0 Å². The first kappa shape index (κ1) is 14.2. The number of aryl methyl sites for hydroxylation is 1. The predicted octanol–water partition coefficient (Wildman–Crippen LogP) is 1.79. The Hall–Kier alpha value is -0.870. The number of rotatable bonds is 2. The molecule has 2 rings (SSSR count). The van der Waals surface area contributed by atoms with Crippen LogP contribution in [0.1, 0.15) is 49.7 Å². The maximum Gasteiger partial charge on any atom is 0.254 e. The van der Waals surface area contributed by atoms with Crippen molar-refractivity contribution in [3.63, 3.8) is 0 Å². The molecule has 1 aromatic rings. The lowest BCUT2D eigenvalue weighted by molar-refractivity contribution is 0.427. The first-order chi connectivity index (χ1) is 7.57. The van der Waals surface area contributed by atoms with Crippen molar-refractivity contribution in [1.82, 2.24) is 9.97 Å². The van der Waals surface area contributed by atoms with Gasteiger partial charge in [0.15, 0.2) is 0 Å². The number of nitrogens with two attached hydrogens (primary N) is 1. The Kier molecular flexibility index (Phi) is 4.33. The van der Waals surface area contributed by atoms with Gasteiger partial charge < -0.3 is 10.7 Å². The molecule has 1 saturated carbocycles. The number of hydrogen-bond donors (Lipinski definition) is 2. The number of aromatic nitrogens is 2. The molecule has 1 aromatic heterocycles. The summed E-state index contributed by atoms with van der Waals surface area (Å²) in [6.07, 6.45) is 4.86. The number of halogens is 1. The van der Waals surface area contributed by atoms with Crippen LogP contribution in [0.15, 0.2) is 4.79 Å². The molecule has 0 unspecified atom stereocenters. The van der Waals surface area contributed by atoms with Gasteiger partial charge in [-0.3, -0.25) is 4.79 Å². The Morgan fingerprint density at radius 1 is 1.41 bits per heavy atom. The zero-order chi connectivity index (χ0) is 11.8. The van der Waals surface area contributed by atoms with Gasteiger partial charge in [-0.25, -0.2) is 4.98 Å². The molecule has 0 amide bonds. The molecule has 0 saturated heterocycles. The Morgan fingerprint density at radius 2 is 2.00 bits per heavy atom. The highest BCUT2D eigenvalue weighted by Crippen LogP contribution is 2.34. The van der Waals surface area contributed by atoms with Crippen LogP contribution in [0.4, 0.5) is 0 Å². The minimum absolute atomic E-state index is 0. The molecule has 1 fully saturated rings. The van der Waals surface area contributed by atoms with Gasteiger partial charge >= 0.3 is 0 Å². The zero-order valence-electron chi connectivity index (χ0n) is 10.4. The molecule has 3 N–H and O–H groups in total. The third-order valence-electron chi connectivity index (χ3n) is 3.55. The minimum atomic E-state index is -0.406. The Bertz CT molecular complexity index is 450. The fourth-order valence-corrected chi connectivity index (χ4v) is 2.40. The SMILES string of the molecule is CCc1nc(C2(N)CCCC2)[nH]c(=O)c1C.Cl. The second kappa shape index (κ2) is 5.19. The molecule has 5 heteroatoms. The average Bonchev–Trinajstić information content (AvgIpc) is 2.70. The van der Waals surface area contributed by atoms with Gasteiger partial charge in [0.05, 0.1) is 11.2 Å². The van der Waals surface area contributed by atoms with Gasteiger partial charge in [-0.1, -0.05) is 19.8 Å². The van der Waals surface area contributed by atoms with E-state index in [1.807, 2.05) is 13.8 Å². The second-order valence-electron chi connectivity index (χ2n) is 4.70. The molecule has 1 aliphatic rings. The summed E-state index contributed by atoms with van der Waals surface area (Å²) in [5.41, 5.74) is 7.43. The van der Waals surface area contributed by atoms with Crippen molar-refractivity contribution in [3.8, 4) is 0 Å². The van der Waals surface area contributed by atoms with Crippen LogP contribution in [-0.4, -0.2) is 9.97 Å². The smallest absolute Gasteiger partial charge is 0.254 e. The quantitative estimate of drug-likeness (QED) is 0.849. The topological polar surface area (TPSA) is 71.8 Å². The number of H-pyrrole nitrogens is 1. The molecule has 0 spiro atoms. The first-order valence-corrected chi connectivity index (χ1v) is 5.96. The van der Waals surface area contributed by atoms with Gasteiger partial charge in [-0.15, -0.1) is 12.4 Å². The predicted molar refractivity (Wildman–Crippen MR) is 70.6 cm³/mol. The molecule has 1 aliphatic carbocycles. The third kappa shape index (κ3) is 2.53. The van der Waals surface area contributed by atoms with E-state index in [0.717, 1.165) is 37.8 Å². The summed E-state index contributed by atoms with van der Waals surface area (Å²) in [4.78, 5) is 19.1. The van der Waals surface area contributed by atoms with Gasteiger partial charge in [0.25, 0.3) is 5.56 Å². The van der Waals surface area contributed by atoms with E-state index in [1.54, 1.807) is 0 Å². The first-order valence-electron chi connectivity index (χ1n) is 5.96. The summed E-state index contributed by atoms with van der Waals surface area (Å²) in [6.45, 7) is 3.82. The molecular formula is C12H20ClN3O. The standard InChI is InChI=1S/C12H19N3O.ClH/c1-3-9-8(2)10(16)15-11(14-9)12(13)6-4-5-7-12;/h3-7,13H2,1-2H3,(H,14,15,16);1H. The van der Waals surface area contributed by atoms with Crippen molar-refractivity contribution in [3.05, 3.63) is 27.4 Å². The summed E-state index contributed by atoms with van der Waals surface area (Å²) in [7, 11) is 0. The molecule has 17 heavy (non-hydrogen) atoms. The van der Waals surface area contributed by atoms with Crippen LogP contribution < -0.4 is 11.3 Å². The van der Waals surface area contributed by atoms with Crippen molar-refractivity contribution in [2.75, 3.05) is 0 Å². The summed E-state index contributed by atoms with van der Waals surface area (Å²) in [5.74, 6) is 0.678. The van der Waals surface area contributed by atoms with Gasteiger partial charge in [-0.05, 0) is 26.2 Å². The van der Waals surface area contributed by atoms with Crippen molar-refractivity contribution >= 4 is 12.4 Å². The largest absolute Gasteiger partial charge is 0.319 e. The maximum atomic E-state index is 11.8. The third-order valence-corrected chi connectivity index (χ3v) is 3.55. The van der Waals surface area contributed by atoms with Gasteiger partial charge in [0.1, 0.15) is 5.82 Å². The lowest BCUT2D eigenvalue weighted by Gasteiger charge is -2.23. The Balaban J connectivity index is 0.00000144. The minimum Gasteiger partial charge on any atom is -0.319 e. The van der Waals surface area contributed by atoms with Crippen molar-refractivity contribution in [2.45, 2.75) is 51.5 Å². The highest BCUT2D eigenvalue weighted by molar-refractivity contribution is 5.85. The summed E-state index contributed by atoms with van der Waals surface area (Å²) >= 11 is 0. The van der Waals surface area contributed by atoms with E-state index in [1.165, 1.54) is 0 Å². The van der Waals surface area contributed by atoms with E-state index < -0.39 is 5.54 Å². The molecular weight excluding hydrogens is 238 g/mol. The highest BCUT2D eigenvalue weighted by atomic mass is 35.5. The van der Waals surface area contributed by atoms with Gasteiger partial charge in [0, 0.05) is 5.56 Å². The van der Waals surface area contributed by atoms with Gasteiger partial charge in [0.2, 0.25) is 0 Å². The number of aromatic amines is 1. The van der Waals surface area contributed by atoms with Crippen LogP contribution in [0, 0.1) is 6.92 Å². The van der Waals surface area contributed by atoms with Crippen LogP contribution in [0.3, 0.4) is 0 Å². The Morgan fingerprint density at radius 3 is 2.53 bits per heavy atom. The zero-order valence-corrected chi connectivity index (χ0v) is 11.2. The summed E-state index contributed by atoms with van der Waals surface area (Å²) < 4.78 is 0. The fourth-order valence-electron chi connectivity index (χ4n) is 2.40. The molecule has 0 radical (unpaired) electrons. The maximum absolute atomic E-state index is 11.8. The van der Waals surface area contributed by atoms with E-state index in [0.29, 0.717) is 11.4 Å². The molecule has 0 atom stereocenters. The number of hydrogen-bond acceptors (Lipinski definition) is 3. The molecule has 1 heterocycles. The molecule has 0 aromatic carbocycles. The second-order valence-corrected chi connectivity index (χ2v) is 4.70. The van der Waals surface area contributed by atoms with Crippen LogP contribution in [-0.2, 0) is 12.0 Å². The van der Waals surface area contributed by atoms with Crippen LogP contribution >= 0.6 is 12.4 Å². The van der Waals surface area contributed by atoms with Crippen molar-refractivity contribution in [2.24, 2.45) is 5.73 Å². The van der Waals surface area contributed by atoms with Crippen molar-refractivity contribution < 1.29 is 0 Å². The summed E-state index contributed by atoms with van der Waals surface area (Å²) in [6, 6.07) is 0. The van der Waals surface area contributed by atoms with E-state index in [9.17, 15) is 4.79 Å². The van der Waals surface area contributed by atoms with E-state index in [2.05, 4.69) is 9.97 Å². The average molecular weight is 258 g/mol. The fraction of sp³-hybridized carbons (Fsp3) is 0.667. The molecule has 4 nitrogen and oxygen atoms in total. The number of nitrogens with one attached hydrogen (secondary N) is 1.